The molecule has 0 heterocycles. The summed E-state index contributed by atoms with van der Waals surface area (Å²) < 4.78 is 0. The molecule has 0 bridgehead atoms. The maximum atomic E-state index is 2.31. The van der Waals surface area contributed by atoms with Crippen LogP contribution in [0.25, 0.3) is 0 Å². The zero-order valence-electron chi connectivity index (χ0n) is 19.0. The van der Waals surface area contributed by atoms with Crippen LogP contribution in [0, 0.1) is 17.8 Å². The zero-order chi connectivity index (χ0) is 19.0. The van der Waals surface area contributed by atoms with Crippen LogP contribution in [0.3, 0.4) is 0 Å². The predicted molar refractivity (Wildman–Crippen MR) is 122 cm³/mol. The first kappa shape index (κ1) is 23.3. The van der Waals surface area contributed by atoms with E-state index in [1.165, 1.54) is 116 Å². The van der Waals surface area contributed by atoms with Gasteiger partial charge in [0.2, 0.25) is 0 Å². The SMILES string of the molecule is CCCCCCCCCCCCCCC(C1CCCCC1)C1CCCCC1. The van der Waals surface area contributed by atoms with Gasteiger partial charge >= 0.3 is 0 Å². The number of unbranched alkanes of at least 4 members (excludes halogenated alkanes) is 11. The molecule has 27 heavy (non-hydrogen) atoms. The summed E-state index contributed by atoms with van der Waals surface area (Å²) >= 11 is 0. The molecule has 0 aliphatic heterocycles. The highest BCUT2D eigenvalue weighted by molar-refractivity contribution is 4.81. The van der Waals surface area contributed by atoms with E-state index in [2.05, 4.69) is 6.92 Å². The van der Waals surface area contributed by atoms with E-state index < -0.39 is 0 Å². The third-order valence-electron chi connectivity index (χ3n) is 7.90. The van der Waals surface area contributed by atoms with Gasteiger partial charge in [-0.1, -0.05) is 148 Å². The smallest absolute Gasteiger partial charge is 0.0357 e. The van der Waals surface area contributed by atoms with Crippen LogP contribution < -0.4 is 0 Å². The fourth-order valence-electron chi connectivity index (χ4n) is 6.20. The van der Waals surface area contributed by atoms with Crippen LogP contribution in [-0.4, -0.2) is 0 Å². The summed E-state index contributed by atoms with van der Waals surface area (Å²) in [4.78, 5) is 0. The molecule has 0 aromatic carbocycles. The predicted octanol–water partition coefficient (Wildman–Crippen LogP) is 9.85. The average Bonchev–Trinajstić information content (AvgIpc) is 2.73. The molecule has 0 aromatic rings. The Balaban J connectivity index is 1.50. The molecule has 2 aliphatic rings. The van der Waals surface area contributed by atoms with Crippen LogP contribution in [0.4, 0.5) is 0 Å². The van der Waals surface area contributed by atoms with Crippen LogP contribution in [0.5, 0.6) is 0 Å². The molecule has 0 amide bonds. The second-order valence-electron chi connectivity index (χ2n) is 10.1. The van der Waals surface area contributed by atoms with Crippen LogP contribution >= 0.6 is 0 Å². The van der Waals surface area contributed by atoms with E-state index in [9.17, 15) is 0 Å². The van der Waals surface area contributed by atoms with Gasteiger partial charge in [-0.15, -0.1) is 0 Å². The summed E-state index contributed by atoms with van der Waals surface area (Å²) in [6.45, 7) is 2.31. The van der Waals surface area contributed by atoms with E-state index in [1.807, 2.05) is 0 Å². The van der Waals surface area contributed by atoms with Crippen molar-refractivity contribution in [3.05, 3.63) is 0 Å². The van der Waals surface area contributed by atoms with Gasteiger partial charge in [0, 0.05) is 0 Å². The number of hydrogen-bond acceptors (Lipinski definition) is 0. The molecular weight excluding hydrogens is 324 g/mol. The van der Waals surface area contributed by atoms with Gasteiger partial charge in [-0.3, -0.25) is 0 Å². The second-order valence-corrected chi connectivity index (χ2v) is 10.1. The van der Waals surface area contributed by atoms with Crippen molar-refractivity contribution in [2.45, 2.75) is 155 Å². The van der Waals surface area contributed by atoms with Gasteiger partial charge in [-0.05, 0) is 24.2 Å². The molecule has 0 aromatic heterocycles. The lowest BCUT2D eigenvalue weighted by Crippen LogP contribution is -2.27. The lowest BCUT2D eigenvalue weighted by atomic mass is 9.68. The normalized spacial score (nSPS) is 19.8. The summed E-state index contributed by atoms with van der Waals surface area (Å²) in [5, 5.41) is 0. The number of rotatable bonds is 15. The molecule has 2 aliphatic carbocycles. The van der Waals surface area contributed by atoms with Crippen molar-refractivity contribution in [1.29, 1.82) is 0 Å². The molecule has 2 saturated carbocycles. The van der Waals surface area contributed by atoms with Crippen molar-refractivity contribution in [2.24, 2.45) is 17.8 Å². The van der Waals surface area contributed by atoms with Crippen LogP contribution in [0.2, 0.25) is 0 Å². The van der Waals surface area contributed by atoms with Gasteiger partial charge in [0.05, 0.1) is 0 Å². The van der Waals surface area contributed by atoms with E-state index in [1.54, 1.807) is 32.1 Å². The molecular formula is C27H52. The second kappa shape index (κ2) is 15.9. The standard InChI is InChI=1S/C27H52/c1-2-3-4-5-6-7-8-9-10-11-12-19-24-27(25-20-15-13-16-21-25)26-22-17-14-18-23-26/h25-27H,2-24H2,1H3. The molecule has 2 rings (SSSR count). The molecule has 160 valence electrons. The molecule has 0 spiro atoms. The number of hydrogen-bond donors (Lipinski definition) is 0. The molecule has 0 N–H and O–H groups in total. The highest BCUT2D eigenvalue weighted by Gasteiger charge is 2.30. The summed E-state index contributed by atoms with van der Waals surface area (Å²) in [6, 6.07) is 0. The van der Waals surface area contributed by atoms with Crippen LogP contribution in [0.1, 0.15) is 155 Å². The lowest BCUT2D eigenvalue weighted by Gasteiger charge is -2.38. The maximum absolute atomic E-state index is 2.31. The maximum Gasteiger partial charge on any atom is -0.0357 e. The first-order valence-corrected chi connectivity index (χ1v) is 13.4. The fourth-order valence-corrected chi connectivity index (χ4v) is 6.20. The Morgan fingerprint density at radius 3 is 1.26 bits per heavy atom. The first-order chi connectivity index (χ1) is 13.4. The largest absolute Gasteiger partial charge is 0.0654 e. The molecule has 0 atom stereocenters. The quantitative estimate of drug-likeness (QED) is 0.249. The van der Waals surface area contributed by atoms with Crippen molar-refractivity contribution < 1.29 is 0 Å². The van der Waals surface area contributed by atoms with Gasteiger partial charge in [0.15, 0.2) is 0 Å². The summed E-state index contributed by atoms with van der Waals surface area (Å²) in [6.07, 6.45) is 34.9. The first-order valence-electron chi connectivity index (χ1n) is 13.4. The van der Waals surface area contributed by atoms with Gasteiger partial charge in [0.25, 0.3) is 0 Å². The lowest BCUT2D eigenvalue weighted by molar-refractivity contribution is 0.131. The minimum absolute atomic E-state index is 1.11. The van der Waals surface area contributed by atoms with Crippen LogP contribution in [0.15, 0.2) is 0 Å². The van der Waals surface area contributed by atoms with E-state index >= 15 is 0 Å². The molecule has 0 saturated heterocycles. The third-order valence-corrected chi connectivity index (χ3v) is 7.90. The van der Waals surface area contributed by atoms with E-state index in [4.69, 9.17) is 0 Å². The highest BCUT2D eigenvalue weighted by atomic mass is 14.4. The van der Waals surface area contributed by atoms with Gasteiger partial charge in [-0.25, -0.2) is 0 Å². The van der Waals surface area contributed by atoms with Crippen molar-refractivity contribution >= 4 is 0 Å². The molecule has 0 nitrogen and oxygen atoms in total. The fraction of sp³-hybridized carbons (Fsp3) is 1.00. The highest BCUT2D eigenvalue weighted by Crippen LogP contribution is 2.42. The van der Waals surface area contributed by atoms with Gasteiger partial charge < -0.3 is 0 Å². The van der Waals surface area contributed by atoms with Crippen molar-refractivity contribution in [3.63, 3.8) is 0 Å². The monoisotopic (exact) mass is 376 g/mol. The molecule has 0 unspecified atom stereocenters. The zero-order valence-corrected chi connectivity index (χ0v) is 19.0. The molecule has 0 heteroatoms. The molecule has 0 radical (unpaired) electrons. The third kappa shape index (κ3) is 10.4. The molecule has 2 fully saturated rings. The van der Waals surface area contributed by atoms with Crippen molar-refractivity contribution in [3.8, 4) is 0 Å². The van der Waals surface area contributed by atoms with Gasteiger partial charge in [-0.2, -0.15) is 0 Å². The van der Waals surface area contributed by atoms with Crippen molar-refractivity contribution in [2.75, 3.05) is 0 Å². The Labute approximate surface area is 172 Å². The topological polar surface area (TPSA) is 0 Å². The van der Waals surface area contributed by atoms with E-state index in [0.717, 1.165) is 17.8 Å². The Kier molecular flexibility index (Phi) is 13.7. The Morgan fingerprint density at radius 1 is 0.481 bits per heavy atom. The Bertz CT molecular complexity index is 290. The van der Waals surface area contributed by atoms with E-state index in [-0.39, 0.29) is 0 Å². The average molecular weight is 377 g/mol. The van der Waals surface area contributed by atoms with Crippen molar-refractivity contribution in [1.82, 2.24) is 0 Å². The van der Waals surface area contributed by atoms with Crippen LogP contribution in [-0.2, 0) is 0 Å². The summed E-state index contributed by atoms with van der Waals surface area (Å²) in [7, 11) is 0. The minimum atomic E-state index is 1.11. The summed E-state index contributed by atoms with van der Waals surface area (Å²) in [5.74, 6) is 3.32. The van der Waals surface area contributed by atoms with Gasteiger partial charge in [0.1, 0.15) is 0 Å². The minimum Gasteiger partial charge on any atom is -0.0654 e. The summed E-state index contributed by atoms with van der Waals surface area (Å²) in [5.41, 5.74) is 0. The Morgan fingerprint density at radius 2 is 0.852 bits per heavy atom. The Hall–Kier alpha value is 0. The van der Waals surface area contributed by atoms with E-state index in [0.29, 0.717) is 0 Å².